The van der Waals surface area contributed by atoms with Gasteiger partial charge in [-0.1, -0.05) is 0 Å². The van der Waals surface area contributed by atoms with Gasteiger partial charge in [-0.3, -0.25) is 9.59 Å². The molecule has 10 nitrogen and oxygen atoms in total. The summed E-state index contributed by atoms with van der Waals surface area (Å²) in [6.45, 7) is 0.887. The van der Waals surface area contributed by atoms with E-state index in [0.717, 1.165) is 12.1 Å². The normalized spacial score (nSPS) is 13.7. The summed E-state index contributed by atoms with van der Waals surface area (Å²) < 4.78 is 38.1. The SMILES string of the molecule is COc1ncccc1C(=O)Nc1cnc(C(=O)N(C)C)nc1N1CCC(Oc2ccc(F)cc2F)CC1. The highest BCUT2D eigenvalue weighted by atomic mass is 19.1. The average molecular weight is 513 g/mol. The van der Waals surface area contributed by atoms with Crippen LogP contribution in [0.2, 0.25) is 0 Å². The smallest absolute Gasteiger partial charge is 0.291 e. The summed E-state index contributed by atoms with van der Waals surface area (Å²) >= 11 is 0. The Balaban J connectivity index is 1.55. The molecule has 4 rings (SSSR count). The molecule has 1 fully saturated rings. The summed E-state index contributed by atoms with van der Waals surface area (Å²) in [5.74, 6) is -1.83. The number of anilines is 2. The number of piperidine rings is 1. The number of halogens is 2. The maximum absolute atomic E-state index is 14.0. The number of benzene rings is 1. The minimum Gasteiger partial charge on any atom is -0.487 e. The van der Waals surface area contributed by atoms with Crippen LogP contribution in [0.15, 0.2) is 42.7 Å². The highest BCUT2D eigenvalue weighted by Gasteiger charge is 2.27. The van der Waals surface area contributed by atoms with Crippen molar-refractivity contribution in [3.63, 3.8) is 0 Å². The van der Waals surface area contributed by atoms with Gasteiger partial charge in [0.05, 0.1) is 13.3 Å². The number of hydrogen-bond acceptors (Lipinski definition) is 8. The molecule has 0 radical (unpaired) electrons. The van der Waals surface area contributed by atoms with Crippen molar-refractivity contribution in [2.45, 2.75) is 18.9 Å². The summed E-state index contributed by atoms with van der Waals surface area (Å²) in [5.41, 5.74) is 0.521. The largest absolute Gasteiger partial charge is 0.487 e. The topological polar surface area (TPSA) is 110 Å². The molecular formula is C25H26F2N6O4. The zero-order valence-corrected chi connectivity index (χ0v) is 20.6. The number of carbonyl (C=O) groups excluding carboxylic acids is 2. The lowest BCUT2D eigenvalue weighted by Crippen LogP contribution is -2.39. The van der Waals surface area contributed by atoms with E-state index in [2.05, 4.69) is 20.3 Å². The van der Waals surface area contributed by atoms with Crippen molar-refractivity contribution in [1.82, 2.24) is 19.9 Å². The van der Waals surface area contributed by atoms with Gasteiger partial charge in [0, 0.05) is 52.3 Å². The quantitative estimate of drug-likeness (QED) is 0.514. The first kappa shape index (κ1) is 25.7. The molecule has 194 valence electrons. The lowest BCUT2D eigenvalue weighted by atomic mass is 10.1. The van der Waals surface area contributed by atoms with Crippen LogP contribution in [0.25, 0.3) is 0 Å². The maximum Gasteiger partial charge on any atom is 0.291 e. The van der Waals surface area contributed by atoms with Gasteiger partial charge in [0.2, 0.25) is 11.7 Å². The zero-order valence-electron chi connectivity index (χ0n) is 20.6. The Labute approximate surface area is 212 Å². The number of methoxy groups -OCH3 is 1. The van der Waals surface area contributed by atoms with Crippen LogP contribution in [0.5, 0.6) is 11.6 Å². The molecule has 0 saturated carbocycles. The number of aromatic nitrogens is 3. The highest BCUT2D eigenvalue weighted by Crippen LogP contribution is 2.29. The van der Waals surface area contributed by atoms with E-state index in [0.29, 0.717) is 37.4 Å². The lowest BCUT2D eigenvalue weighted by Gasteiger charge is -2.34. The van der Waals surface area contributed by atoms with Crippen LogP contribution in [-0.4, -0.2) is 72.1 Å². The van der Waals surface area contributed by atoms with E-state index in [9.17, 15) is 18.4 Å². The molecule has 3 aromatic rings. The van der Waals surface area contributed by atoms with Crippen molar-refractivity contribution < 1.29 is 27.8 Å². The van der Waals surface area contributed by atoms with Gasteiger partial charge in [0.1, 0.15) is 23.2 Å². The molecule has 2 aromatic heterocycles. The molecule has 0 aliphatic carbocycles. The van der Waals surface area contributed by atoms with Crippen molar-refractivity contribution in [3.8, 4) is 11.6 Å². The van der Waals surface area contributed by atoms with Gasteiger partial charge in [-0.2, -0.15) is 0 Å². The van der Waals surface area contributed by atoms with Gasteiger partial charge in [0.15, 0.2) is 17.4 Å². The summed E-state index contributed by atoms with van der Waals surface area (Å²) in [7, 11) is 4.60. The Morgan fingerprint density at radius 1 is 1.14 bits per heavy atom. The van der Waals surface area contributed by atoms with E-state index in [1.54, 1.807) is 26.2 Å². The summed E-state index contributed by atoms with van der Waals surface area (Å²) in [6.07, 6.45) is 3.59. The van der Waals surface area contributed by atoms with Crippen LogP contribution >= 0.6 is 0 Å². The van der Waals surface area contributed by atoms with Gasteiger partial charge >= 0.3 is 0 Å². The minimum atomic E-state index is -0.763. The van der Waals surface area contributed by atoms with Crippen LogP contribution < -0.4 is 19.7 Å². The van der Waals surface area contributed by atoms with Crippen molar-refractivity contribution in [2.75, 3.05) is 44.5 Å². The molecule has 2 amide bonds. The fourth-order valence-electron chi connectivity index (χ4n) is 3.86. The van der Waals surface area contributed by atoms with Crippen molar-refractivity contribution >= 4 is 23.3 Å². The van der Waals surface area contributed by atoms with Gasteiger partial charge in [-0.05, 0) is 24.3 Å². The molecule has 12 heteroatoms. The predicted molar refractivity (Wildman–Crippen MR) is 131 cm³/mol. The Morgan fingerprint density at radius 2 is 1.89 bits per heavy atom. The average Bonchev–Trinajstić information content (AvgIpc) is 2.90. The van der Waals surface area contributed by atoms with Crippen molar-refractivity contribution in [3.05, 3.63) is 65.7 Å². The number of pyridine rings is 1. The van der Waals surface area contributed by atoms with Crippen molar-refractivity contribution in [1.29, 1.82) is 0 Å². The number of ether oxygens (including phenoxy) is 2. The first-order chi connectivity index (χ1) is 17.8. The third kappa shape index (κ3) is 5.90. The number of rotatable bonds is 7. The third-order valence-electron chi connectivity index (χ3n) is 5.75. The molecule has 0 atom stereocenters. The molecule has 0 spiro atoms. The fraction of sp³-hybridized carbons (Fsp3) is 0.320. The van der Waals surface area contributed by atoms with Gasteiger partial charge < -0.3 is 24.6 Å². The zero-order chi connectivity index (χ0) is 26.5. The van der Waals surface area contributed by atoms with Crippen LogP contribution in [0.3, 0.4) is 0 Å². The molecule has 1 N–H and O–H groups in total. The number of hydrogen-bond donors (Lipinski definition) is 1. The standard InChI is InChI=1S/C25H26F2N6O4/c1-32(2)25(35)21-29-14-19(30-23(34)17-5-4-10-28-24(17)36-3)22(31-21)33-11-8-16(9-12-33)37-20-7-6-15(26)13-18(20)27/h4-7,10,13-14,16H,8-9,11-12H2,1-3H3,(H,30,34). The number of nitrogens with one attached hydrogen (secondary N) is 1. The molecule has 1 aliphatic heterocycles. The molecule has 3 heterocycles. The number of carbonyl (C=O) groups is 2. The van der Waals surface area contributed by atoms with Crippen LogP contribution in [-0.2, 0) is 0 Å². The summed E-state index contributed by atoms with van der Waals surface area (Å²) in [5, 5.41) is 2.79. The second-order valence-corrected chi connectivity index (χ2v) is 8.52. The second-order valence-electron chi connectivity index (χ2n) is 8.52. The minimum absolute atomic E-state index is 0.0147. The molecular weight excluding hydrogens is 486 g/mol. The van der Waals surface area contributed by atoms with Gasteiger partial charge in [-0.25, -0.2) is 23.7 Å². The molecule has 0 unspecified atom stereocenters. The van der Waals surface area contributed by atoms with Gasteiger partial charge in [-0.15, -0.1) is 0 Å². The lowest BCUT2D eigenvalue weighted by molar-refractivity contribution is 0.0815. The van der Waals surface area contributed by atoms with Crippen LogP contribution in [0.4, 0.5) is 20.3 Å². The summed E-state index contributed by atoms with van der Waals surface area (Å²) in [4.78, 5) is 41.4. The monoisotopic (exact) mass is 512 g/mol. The summed E-state index contributed by atoms with van der Waals surface area (Å²) in [6, 6.07) is 6.37. The predicted octanol–water partition coefficient (Wildman–Crippen LogP) is 3.16. The van der Waals surface area contributed by atoms with E-state index in [-0.39, 0.29) is 29.1 Å². The number of amides is 2. The van der Waals surface area contributed by atoms with Crippen LogP contribution in [0, 0.1) is 11.6 Å². The fourth-order valence-corrected chi connectivity index (χ4v) is 3.86. The van der Waals surface area contributed by atoms with E-state index >= 15 is 0 Å². The Morgan fingerprint density at radius 3 is 2.57 bits per heavy atom. The molecule has 37 heavy (non-hydrogen) atoms. The van der Waals surface area contributed by atoms with Crippen LogP contribution in [0.1, 0.15) is 33.8 Å². The Bertz CT molecular complexity index is 1300. The molecule has 0 bridgehead atoms. The molecule has 1 aromatic carbocycles. The van der Waals surface area contributed by atoms with E-state index < -0.39 is 23.4 Å². The second kappa shape index (κ2) is 11.1. The van der Waals surface area contributed by atoms with E-state index in [4.69, 9.17) is 9.47 Å². The first-order valence-corrected chi connectivity index (χ1v) is 11.5. The first-order valence-electron chi connectivity index (χ1n) is 11.5. The number of nitrogens with zero attached hydrogens (tertiary/aromatic N) is 5. The van der Waals surface area contributed by atoms with E-state index in [1.807, 2.05) is 4.90 Å². The Kier molecular flexibility index (Phi) is 7.75. The molecule has 1 aliphatic rings. The van der Waals surface area contributed by atoms with Crippen molar-refractivity contribution in [2.24, 2.45) is 0 Å². The Hall–Kier alpha value is -4.35. The third-order valence-corrected chi connectivity index (χ3v) is 5.75. The maximum atomic E-state index is 14.0. The van der Waals surface area contributed by atoms with Gasteiger partial charge in [0.25, 0.3) is 11.8 Å². The molecule has 1 saturated heterocycles. The van der Waals surface area contributed by atoms with E-state index in [1.165, 1.54) is 30.5 Å². The highest BCUT2D eigenvalue weighted by molar-refractivity contribution is 6.07.